The SMILES string of the molecule is Cc1cccc(C)c1C(=O)NCCSCCCO. The molecule has 0 aliphatic rings. The Kier molecular flexibility index (Phi) is 6.83. The summed E-state index contributed by atoms with van der Waals surface area (Å²) in [6.07, 6.45) is 0.815. The number of nitrogens with one attached hydrogen (secondary N) is 1. The van der Waals surface area contributed by atoms with Gasteiger partial charge in [0.15, 0.2) is 0 Å². The Morgan fingerprint density at radius 3 is 2.56 bits per heavy atom. The summed E-state index contributed by atoms with van der Waals surface area (Å²) in [5, 5.41) is 11.6. The molecule has 0 saturated heterocycles. The van der Waals surface area contributed by atoms with E-state index in [0.29, 0.717) is 6.54 Å². The Morgan fingerprint density at radius 1 is 1.28 bits per heavy atom. The van der Waals surface area contributed by atoms with Crippen molar-refractivity contribution in [3.05, 3.63) is 34.9 Å². The van der Waals surface area contributed by atoms with Gasteiger partial charge in [0, 0.05) is 24.5 Å². The molecule has 0 saturated carbocycles. The fraction of sp³-hybridized carbons (Fsp3) is 0.500. The van der Waals surface area contributed by atoms with Crippen LogP contribution in [0.1, 0.15) is 27.9 Å². The molecule has 0 bridgehead atoms. The summed E-state index contributed by atoms with van der Waals surface area (Å²) in [4.78, 5) is 12.0. The molecule has 3 nitrogen and oxygen atoms in total. The van der Waals surface area contributed by atoms with Crippen molar-refractivity contribution < 1.29 is 9.90 Å². The molecule has 100 valence electrons. The summed E-state index contributed by atoms with van der Waals surface area (Å²) in [6, 6.07) is 5.88. The van der Waals surface area contributed by atoms with Crippen LogP contribution in [-0.2, 0) is 0 Å². The molecule has 18 heavy (non-hydrogen) atoms. The van der Waals surface area contributed by atoms with Gasteiger partial charge in [0.25, 0.3) is 5.91 Å². The highest BCUT2D eigenvalue weighted by molar-refractivity contribution is 7.99. The van der Waals surface area contributed by atoms with Crippen LogP contribution in [0.25, 0.3) is 0 Å². The first-order chi connectivity index (χ1) is 8.66. The van der Waals surface area contributed by atoms with E-state index >= 15 is 0 Å². The van der Waals surface area contributed by atoms with Gasteiger partial charge in [-0.15, -0.1) is 0 Å². The van der Waals surface area contributed by atoms with Crippen LogP contribution in [0, 0.1) is 13.8 Å². The lowest BCUT2D eigenvalue weighted by Gasteiger charge is -2.10. The van der Waals surface area contributed by atoms with Crippen molar-refractivity contribution >= 4 is 17.7 Å². The number of thioether (sulfide) groups is 1. The molecule has 0 aliphatic heterocycles. The second-order valence-electron chi connectivity index (χ2n) is 4.21. The van der Waals surface area contributed by atoms with E-state index in [1.807, 2.05) is 32.0 Å². The minimum Gasteiger partial charge on any atom is -0.396 e. The number of aliphatic hydroxyl groups excluding tert-OH is 1. The van der Waals surface area contributed by atoms with Crippen LogP contribution in [0.2, 0.25) is 0 Å². The fourth-order valence-corrected chi connectivity index (χ4v) is 2.55. The van der Waals surface area contributed by atoms with E-state index in [1.165, 1.54) is 0 Å². The molecule has 0 spiro atoms. The lowest BCUT2D eigenvalue weighted by molar-refractivity contribution is 0.0955. The molecule has 2 N–H and O–H groups in total. The van der Waals surface area contributed by atoms with Gasteiger partial charge in [-0.05, 0) is 37.1 Å². The van der Waals surface area contributed by atoms with Gasteiger partial charge in [0.2, 0.25) is 0 Å². The van der Waals surface area contributed by atoms with Gasteiger partial charge < -0.3 is 10.4 Å². The van der Waals surface area contributed by atoms with Crippen LogP contribution in [-0.4, -0.2) is 35.7 Å². The topological polar surface area (TPSA) is 49.3 Å². The molecule has 0 aromatic heterocycles. The van der Waals surface area contributed by atoms with Gasteiger partial charge in [-0.25, -0.2) is 0 Å². The van der Waals surface area contributed by atoms with E-state index in [4.69, 9.17) is 5.11 Å². The summed E-state index contributed by atoms with van der Waals surface area (Å²) in [5.74, 6) is 1.83. The zero-order valence-electron chi connectivity index (χ0n) is 11.0. The quantitative estimate of drug-likeness (QED) is 0.744. The number of amides is 1. The van der Waals surface area contributed by atoms with Crippen LogP contribution in [0.15, 0.2) is 18.2 Å². The van der Waals surface area contributed by atoms with E-state index in [0.717, 1.165) is 34.6 Å². The van der Waals surface area contributed by atoms with Crippen molar-refractivity contribution in [2.24, 2.45) is 0 Å². The number of rotatable bonds is 7. The molecule has 1 amide bonds. The first-order valence-corrected chi connectivity index (χ1v) is 7.35. The first-order valence-electron chi connectivity index (χ1n) is 6.20. The second-order valence-corrected chi connectivity index (χ2v) is 5.44. The van der Waals surface area contributed by atoms with E-state index < -0.39 is 0 Å². The molecule has 4 heteroatoms. The summed E-state index contributed by atoms with van der Waals surface area (Å²) >= 11 is 1.75. The maximum atomic E-state index is 12.0. The Bertz CT molecular complexity index is 373. The number of carbonyl (C=O) groups excluding carboxylic acids is 1. The largest absolute Gasteiger partial charge is 0.396 e. The third-order valence-electron chi connectivity index (χ3n) is 2.69. The van der Waals surface area contributed by atoms with E-state index in [-0.39, 0.29) is 12.5 Å². The predicted molar refractivity (Wildman–Crippen MR) is 77.3 cm³/mol. The Morgan fingerprint density at radius 2 is 1.94 bits per heavy atom. The predicted octanol–water partition coefficient (Wildman–Crippen LogP) is 2.15. The average Bonchev–Trinajstić information content (AvgIpc) is 2.33. The fourth-order valence-electron chi connectivity index (χ4n) is 1.77. The van der Waals surface area contributed by atoms with Crippen LogP contribution in [0.5, 0.6) is 0 Å². The molecule has 0 radical (unpaired) electrons. The van der Waals surface area contributed by atoms with E-state index in [2.05, 4.69) is 5.32 Å². The monoisotopic (exact) mass is 267 g/mol. The van der Waals surface area contributed by atoms with Crippen LogP contribution >= 0.6 is 11.8 Å². The van der Waals surface area contributed by atoms with Gasteiger partial charge in [-0.2, -0.15) is 11.8 Å². The lowest BCUT2D eigenvalue weighted by atomic mass is 10.0. The van der Waals surface area contributed by atoms with Crippen LogP contribution in [0.4, 0.5) is 0 Å². The van der Waals surface area contributed by atoms with Crippen molar-refractivity contribution in [3.8, 4) is 0 Å². The van der Waals surface area contributed by atoms with E-state index in [1.54, 1.807) is 11.8 Å². The summed E-state index contributed by atoms with van der Waals surface area (Å²) < 4.78 is 0. The number of benzene rings is 1. The number of aliphatic hydroxyl groups is 1. The Hall–Kier alpha value is -1.00. The molecule has 0 heterocycles. The Balaban J connectivity index is 2.37. The molecule has 0 aliphatic carbocycles. The second kappa shape index (κ2) is 8.16. The van der Waals surface area contributed by atoms with Crippen LogP contribution in [0.3, 0.4) is 0 Å². The third kappa shape index (κ3) is 4.70. The zero-order chi connectivity index (χ0) is 13.4. The summed E-state index contributed by atoms with van der Waals surface area (Å²) in [7, 11) is 0. The molecular formula is C14H21NO2S. The average molecular weight is 267 g/mol. The number of aryl methyl sites for hydroxylation is 2. The van der Waals surface area contributed by atoms with Crippen molar-refractivity contribution in [2.45, 2.75) is 20.3 Å². The van der Waals surface area contributed by atoms with Crippen LogP contribution < -0.4 is 5.32 Å². The minimum atomic E-state index is 0.00774. The van der Waals surface area contributed by atoms with Gasteiger partial charge in [-0.1, -0.05) is 18.2 Å². The maximum absolute atomic E-state index is 12.0. The summed E-state index contributed by atoms with van der Waals surface area (Å²) in [6.45, 7) is 4.82. The van der Waals surface area contributed by atoms with Gasteiger partial charge in [-0.3, -0.25) is 4.79 Å². The van der Waals surface area contributed by atoms with Crippen molar-refractivity contribution in [1.82, 2.24) is 5.32 Å². The van der Waals surface area contributed by atoms with Gasteiger partial charge in [0.05, 0.1) is 0 Å². The molecule has 1 aromatic rings. The molecule has 1 aromatic carbocycles. The normalized spacial score (nSPS) is 10.4. The number of hydrogen-bond donors (Lipinski definition) is 2. The van der Waals surface area contributed by atoms with Gasteiger partial charge >= 0.3 is 0 Å². The smallest absolute Gasteiger partial charge is 0.251 e. The molecule has 0 fully saturated rings. The lowest BCUT2D eigenvalue weighted by Crippen LogP contribution is -2.27. The highest BCUT2D eigenvalue weighted by atomic mass is 32.2. The molecular weight excluding hydrogens is 246 g/mol. The number of hydrogen-bond acceptors (Lipinski definition) is 3. The third-order valence-corrected chi connectivity index (χ3v) is 3.76. The summed E-state index contributed by atoms with van der Waals surface area (Å²) in [5.41, 5.74) is 2.82. The van der Waals surface area contributed by atoms with E-state index in [9.17, 15) is 4.79 Å². The molecule has 0 atom stereocenters. The van der Waals surface area contributed by atoms with Crippen molar-refractivity contribution in [2.75, 3.05) is 24.7 Å². The minimum absolute atomic E-state index is 0.00774. The Labute approximate surface area is 113 Å². The van der Waals surface area contributed by atoms with Gasteiger partial charge in [0.1, 0.15) is 0 Å². The zero-order valence-corrected chi connectivity index (χ0v) is 11.8. The van der Waals surface area contributed by atoms with Crippen molar-refractivity contribution in [1.29, 1.82) is 0 Å². The molecule has 0 unspecified atom stereocenters. The molecule has 1 rings (SSSR count). The standard InChI is InChI=1S/C14H21NO2S/c1-11-5-3-6-12(2)13(11)14(17)15-7-10-18-9-4-8-16/h3,5-6,16H,4,7-10H2,1-2H3,(H,15,17). The van der Waals surface area contributed by atoms with Crippen molar-refractivity contribution in [3.63, 3.8) is 0 Å². The first kappa shape index (κ1) is 15.1. The highest BCUT2D eigenvalue weighted by Gasteiger charge is 2.10. The highest BCUT2D eigenvalue weighted by Crippen LogP contribution is 2.12. The maximum Gasteiger partial charge on any atom is 0.251 e. The number of carbonyl (C=O) groups is 1.